The summed E-state index contributed by atoms with van der Waals surface area (Å²) >= 11 is 6.03. The van der Waals surface area contributed by atoms with Crippen molar-refractivity contribution in [3.8, 4) is 5.75 Å². The average molecular weight is 307 g/mol. The van der Waals surface area contributed by atoms with Crippen molar-refractivity contribution in [3.63, 3.8) is 0 Å². The highest BCUT2D eigenvalue weighted by Gasteiger charge is 2.39. The van der Waals surface area contributed by atoms with Crippen LogP contribution in [0.4, 0.5) is 0 Å². The predicted molar refractivity (Wildman–Crippen MR) is 77.9 cm³/mol. The van der Waals surface area contributed by atoms with E-state index in [4.69, 9.17) is 16.3 Å². The molecule has 21 heavy (non-hydrogen) atoms. The minimum Gasteiger partial charge on any atom is -0.458 e. The van der Waals surface area contributed by atoms with Crippen LogP contribution in [-0.2, 0) is 9.59 Å². The monoisotopic (exact) mass is 306 g/mol. The number of ether oxygens (including phenoxy) is 1. The van der Waals surface area contributed by atoms with Gasteiger partial charge in [0.15, 0.2) is 0 Å². The zero-order chi connectivity index (χ0) is 15.0. The molecule has 0 radical (unpaired) electrons. The van der Waals surface area contributed by atoms with Crippen molar-refractivity contribution in [1.29, 1.82) is 0 Å². The minimum atomic E-state index is -0.420. The Labute approximate surface area is 127 Å². The van der Waals surface area contributed by atoms with Crippen LogP contribution < -0.4 is 10.1 Å². The maximum atomic E-state index is 12.1. The molecule has 0 bridgehead atoms. The molecule has 2 aliphatic rings. The zero-order valence-electron chi connectivity index (χ0n) is 11.5. The van der Waals surface area contributed by atoms with Gasteiger partial charge in [0.2, 0.25) is 5.91 Å². The van der Waals surface area contributed by atoms with Gasteiger partial charge in [0.25, 0.3) is 5.91 Å². The molecule has 2 atom stereocenters. The summed E-state index contributed by atoms with van der Waals surface area (Å²) in [5, 5.41) is 3.30. The molecule has 1 unspecified atom stereocenters. The van der Waals surface area contributed by atoms with E-state index in [0.717, 1.165) is 0 Å². The lowest BCUT2D eigenvalue weighted by atomic mass is 10.1. The first-order valence-electron chi connectivity index (χ1n) is 6.78. The summed E-state index contributed by atoms with van der Waals surface area (Å²) in [5.74, 6) is 0.694. The van der Waals surface area contributed by atoms with E-state index in [0.29, 0.717) is 23.0 Å². The number of nitrogens with one attached hydrogen (secondary N) is 1. The molecule has 6 heteroatoms. The molecule has 110 valence electrons. The molecule has 0 spiro atoms. The van der Waals surface area contributed by atoms with Crippen molar-refractivity contribution < 1.29 is 14.3 Å². The van der Waals surface area contributed by atoms with E-state index in [9.17, 15) is 9.59 Å². The van der Waals surface area contributed by atoms with Crippen LogP contribution in [0.3, 0.4) is 0 Å². The predicted octanol–water partition coefficient (Wildman–Crippen LogP) is 1.72. The Kier molecular flexibility index (Phi) is 3.59. The van der Waals surface area contributed by atoms with Crippen molar-refractivity contribution in [2.24, 2.45) is 0 Å². The van der Waals surface area contributed by atoms with Crippen LogP contribution in [0.1, 0.15) is 13.3 Å². The Hall–Kier alpha value is -2.01. The van der Waals surface area contributed by atoms with Gasteiger partial charge in [-0.1, -0.05) is 23.7 Å². The van der Waals surface area contributed by atoms with Crippen molar-refractivity contribution in [2.45, 2.75) is 25.4 Å². The van der Waals surface area contributed by atoms with Crippen LogP contribution in [0.5, 0.6) is 5.75 Å². The Morgan fingerprint density at radius 3 is 2.76 bits per heavy atom. The smallest absolute Gasteiger partial charge is 0.251 e. The average Bonchev–Trinajstić information content (AvgIpc) is 2.95. The summed E-state index contributed by atoms with van der Waals surface area (Å²) in [6.07, 6.45) is 2.04. The Morgan fingerprint density at radius 2 is 2.10 bits per heavy atom. The molecule has 5 nitrogen and oxygen atoms in total. The van der Waals surface area contributed by atoms with E-state index in [2.05, 4.69) is 5.32 Å². The number of para-hydroxylation sites is 1. The zero-order valence-corrected chi connectivity index (χ0v) is 12.3. The van der Waals surface area contributed by atoms with Gasteiger partial charge in [-0.25, -0.2) is 0 Å². The van der Waals surface area contributed by atoms with Gasteiger partial charge in [-0.15, -0.1) is 0 Å². The van der Waals surface area contributed by atoms with Gasteiger partial charge >= 0.3 is 0 Å². The highest BCUT2D eigenvalue weighted by molar-refractivity contribution is 6.32. The lowest BCUT2D eigenvalue weighted by molar-refractivity contribution is -0.133. The summed E-state index contributed by atoms with van der Waals surface area (Å²) in [4.78, 5) is 25.4. The maximum absolute atomic E-state index is 12.1. The first-order chi connectivity index (χ1) is 10.0. The number of benzene rings is 1. The van der Waals surface area contributed by atoms with E-state index in [1.54, 1.807) is 18.2 Å². The molecule has 1 aromatic carbocycles. The fourth-order valence-electron chi connectivity index (χ4n) is 2.62. The Balaban J connectivity index is 1.71. The van der Waals surface area contributed by atoms with Gasteiger partial charge in [0, 0.05) is 12.1 Å². The SMILES string of the molecule is CC1C[C@H](N2CC(Oc3ccccc3Cl)=CC2=O)C(=O)N1. The van der Waals surface area contributed by atoms with E-state index in [1.165, 1.54) is 11.0 Å². The Morgan fingerprint density at radius 1 is 1.33 bits per heavy atom. The maximum Gasteiger partial charge on any atom is 0.251 e. The number of hydrogen-bond acceptors (Lipinski definition) is 3. The van der Waals surface area contributed by atoms with Crippen LogP contribution >= 0.6 is 11.6 Å². The summed E-state index contributed by atoms with van der Waals surface area (Å²) in [7, 11) is 0. The number of nitrogens with zero attached hydrogens (tertiary/aromatic N) is 1. The number of halogens is 1. The second kappa shape index (κ2) is 5.41. The number of hydrogen-bond donors (Lipinski definition) is 1. The van der Waals surface area contributed by atoms with E-state index >= 15 is 0 Å². The van der Waals surface area contributed by atoms with E-state index in [1.807, 2.05) is 13.0 Å². The quantitative estimate of drug-likeness (QED) is 0.925. The molecule has 1 N–H and O–H groups in total. The Bertz CT molecular complexity index is 629. The molecule has 1 fully saturated rings. The van der Waals surface area contributed by atoms with Gasteiger partial charge in [-0.3, -0.25) is 9.59 Å². The third-order valence-electron chi connectivity index (χ3n) is 3.62. The van der Waals surface area contributed by atoms with E-state index in [-0.39, 0.29) is 24.4 Å². The molecule has 2 amide bonds. The number of carbonyl (C=O) groups is 2. The topological polar surface area (TPSA) is 58.6 Å². The third-order valence-corrected chi connectivity index (χ3v) is 3.93. The van der Waals surface area contributed by atoms with Crippen molar-refractivity contribution in [3.05, 3.63) is 41.1 Å². The molecule has 0 saturated carbocycles. The van der Waals surface area contributed by atoms with Gasteiger partial charge in [-0.05, 0) is 25.5 Å². The van der Waals surface area contributed by atoms with Gasteiger partial charge < -0.3 is 15.0 Å². The van der Waals surface area contributed by atoms with Gasteiger partial charge in [0.1, 0.15) is 17.6 Å². The number of rotatable bonds is 3. The molecule has 0 aromatic heterocycles. The highest BCUT2D eigenvalue weighted by Crippen LogP contribution is 2.28. The largest absolute Gasteiger partial charge is 0.458 e. The second-order valence-electron chi connectivity index (χ2n) is 5.27. The summed E-state index contributed by atoms with van der Waals surface area (Å²) in [6, 6.07) is 6.74. The highest BCUT2D eigenvalue weighted by atomic mass is 35.5. The molecule has 2 aliphatic heterocycles. The van der Waals surface area contributed by atoms with Gasteiger partial charge in [-0.2, -0.15) is 0 Å². The molecule has 2 heterocycles. The molecular formula is C15H15ClN2O3. The second-order valence-corrected chi connectivity index (χ2v) is 5.68. The summed E-state index contributed by atoms with van der Waals surface area (Å²) < 4.78 is 5.66. The summed E-state index contributed by atoms with van der Waals surface area (Å²) in [5.41, 5.74) is 0. The molecular weight excluding hydrogens is 292 g/mol. The first kappa shape index (κ1) is 13.9. The summed E-state index contributed by atoms with van der Waals surface area (Å²) in [6.45, 7) is 2.21. The molecule has 0 aliphatic carbocycles. The van der Waals surface area contributed by atoms with Crippen molar-refractivity contribution in [1.82, 2.24) is 10.2 Å². The van der Waals surface area contributed by atoms with Crippen LogP contribution in [0, 0.1) is 0 Å². The number of amides is 2. The van der Waals surface area contributed by atoms with E-state index < -0.39 is 6.04 Å². The molecule has 1 aromatic rings. The fraction of sp³-hybridized carbons (Fsp3) is 0.333. The van der Waals surface area contributed by atoms with Crippen LogP contribution in [0.25, 0.3) is 0 Å². The number of carbonyl (C=O) groups excluding carboxylic acids is 2. The van der Waals surface area contributed by atoms with Gasteiger partial charge in [0.05, 0.1) is 11.6 Å². The molecule has 3 rings (SSSR count). The van der Waals surface area contributed by atoms with Crippen molar-refractivity contribution >= 4 is 23.4 Å². The normalized spacial score (nSPS) is 25.0. The lowest BCUT2D eigenvalue weighted by Crippen LogP contribution is -2.42. The third kappa shape index (κ3) is 2.74. The first-order valence-corrected chi connectivity index (χ1v) is 7.16. The molecule has 1 saturated heterocycles. The minimum absolute atomic E-state index is 0.0869. The van der Waals surface area contributed by atoms with Crippen molar-refractivity contribution in [2.75, 3.05) is 6.54 Å². The van der Waals surface area contributed by atoms with Crippen LogP contribution in [-0.4, -0.2) is 35.3 Å². The van der Waals surface area contributed by atoms with Crippen LogP contribution in [0.15, 0.2) is 36.1 Å². The standard InChI is InChI=1S/C15H15ClN2O3/c1-9-6-12(15(20)17-9)18-8-10(7-14(18)19)21-13-5-3-2-4-11(13)16/h2-5,7,9,12H,6,8H2,1H3,(H,17,20)/t9?,12-/m0/s1. The van der Waals surface area contributed by atoms with Crippen LogP contribution in [0.2, 0.25) is 5.02 Å². The lowest BCUT2D eigenvalue weighted by Gasteiger charge is -2.21. The fourth-order valence-corrected chi connectivity index (χ4v) is 2.79.